The first kappa shape index (κ1) is 15.1. The molecular weight excluding hydrogens is 284 g/mol. The zero-order valence-corrected chi connectivity index (χ0v) is 11.6. The number of allylic oxidation sites excluding steroid dienone is 1. The highest BCUT2D eigenvalue weighted by Gasteiger charge is 2.14. The van der Waals surface area contributed by atoms with E-state index in [1.807, 2.05) is 6.07 Å². The fourth-order valence-electron chi connectivity index (χ4n) is 1.89. The van der Waals surface area contributed by atoms with Gasteiger partial charge in [-0.2, -0.15) is 5.43 Å². The third-order valence-corrected chi connectivity index (χ3v) is 2.77. The molecule has 22 heavy (non-hydrogen) atoms. The molecule has 0 saturated heterocycles. The minimum Gasteiger partial charge on any atom is -0.336 e. The molecule has 112 valence electrons. The van der Waals surface area contributed by atoms with Crippen molar-refractivity contribution in [1.29, 1.82) is 5.41 Å². The molecule has 0 saturated carbocycles. The van der Waals surface area contributed by atoms with Crippen LogP contribution in [0, 0.1) is 15.5 Å². The summed E-state index contributed by atoms with van der Waals surface area (Å²) >= 11 is 0. The van der Waals surface area contributed by atoms with Crippen LogP contribution in [0.15, 0.2) is 53.8 Å². The lowest BCUT2D eigenvalue weighted by molar-refractivity contribution is -0.547. The molecule has 0 fully saturated rings. The summed E-state index contributed by atoms with van der Waals surface area (Å²) in [6.45, 7) is 0. The summed E-state index contributed by atoms with van der Waals surface area (Å²) in [5.74, 6) is -0.132. The molecule has 0 radical (unpaired) electrons. The Morgan fingerprint density at radius 3 is 2.86 bits per heavy atom. The second-order valence-corrected chi connectivity index (χ2v) is 4.29. The molecule has 0 aliphatic heterocycles. The summed E-state index contributed by atoms with van der Waals surface area (Å²) in [5, 5.41) is 21.9. The van der Waals surface area contributed by atoms with Crippen LogP contribution in [0.5, 0.6) is 0 Å². The van der Waals surface area contributed by atoms with Gasteiger partial charge in [-0.05, 0) is 30.4 Å². The third-order valence-electron chi connectivity index (χ3n) is 2.77. The zero-order chi connectivity index (χ0) is 15.9. The van der Waals surface area contributed by atoms with Gasteiger partial charge in [-0.1, -0.05) is 17.2 Å². The highest BCUT2D eigenvalue weighted by atomic mass is 16.6. The largest absolute Gasteiger partial charge is 0.336 e. The Hall–Kier alpha value is -3.26. The van der Waals surface area contributed by atoms with Gasteiger partial charge in [0.05, 0.1) is 11.1 Å². The average Bonchev–Trinajstić information content (AvgIpc) is 2.94. The normalized spacial score (nSPS) is 11.3. The van der Waals surface area contributed by atoms with E-state index in [1.165, 1.54) is 17.7 Å². The van der Waals surface area contributed by atoms with Crippen LogP contribution in [0.25, 0.3) is 11.8 Å². The minimum atomic E-state index is -0.411. The molecule has 0 spiro atoms. The van der Waals surface area contributed by atoms with Crippen LogP contribution in [0.1, 0.15) is 5.69 Å². The Kier molecular flexibility index (Phi) is 4.78. The molecule has 0 amide bonds. The predicted molar refractivity (Wildman–Crippen MR) is 83.8 cm³/mol. The van der Waals surface area contributed by atoms with Gasteiger partial charge >= 0.3 is 5.96 Å². The number of rotatable bonds is 5. The zero-order valence-electron chi connectivity index (χ0n) is 11.6. The van der Waals surface area contributed by atoms with Crippen molar-refractivity contribution in [2.24, 2.45) is 10.8 Å². The van der Waals surface area contributed by atoms with Crippen LogP contribution in [0.2, 0.25) is 0 Å². The van der Waals surface area contributed by atoms with E-state index in [0.29, 0.717) is 5.69 Å². The lowest BCUT2D eigenvalue weighted by Gasteiger charge is -2.06. The van der Waals surface area contributed by atoms with Gasteiger partial charge in [-0.15, -0.1) is 0 Å². The molecule has 1 aromatic heterocycles. The maximum atomic E-state index is 11.1. The standard InChI is InChI=1S/C14H14N6O2/c15-14(16)18-17-9-3-5-11-6-4-10-19(11)12-7-1-2-8-13(12)20(21)22/h1-10H,(H4,15,16,18)/p+1/b5-3+,17-9+. The van der Waals surface area contributed by atoms with Crippen LogP contribution < -0.4 is 11.2 Å². The second-order valence-electron chi connectivity index (χ2n) is 4.29. The Morgan fingerprint density at radius 2 is 2.14 bits per heavy atom. The van der Waals surface area contributed by atoms with E-state index in [0.717, 1.165) is 5.69 Å². The lowest BCUT2D eigenvalue weighted by atomic mass is 10.2. The number of hydrogen-bond donors (Lipinski definition) is 3. The Labute approximate surface area is 126 Å². The van der Waals surface area contributed by atoms with Crippen molar-refractivity contribution in [1.82, 2.24) is 4.57 Å². The van der Waals surface area contributed by atoms with Crippen molar-refractivity contribution in [3.8, 4) is 5.69 Å². The quantitative estimate of drug-likeness (QED) is 0.249. The van der Waals surface area contributed by atoms with Crippen LogP contribution in [0.4, 0.5) is 5.69 Å². The van der Waals surface area contributed by atoms with E-state index in [4.69, 9.17) is 11.1 Å². The summed E-state index contributed by atoms with van der Waals surface area (Å²) < 4.78 is 1.72. The summed E-state index contributed by atoms with van der Waals surface area (Å²) in [4.78, 5) is 10.7. The second kappa shape index (κ2) is 6.95. The molecule has 0 bridgehead atoms. The smallest absolute Gasteiger partial charge is 0.315 e. The van der Waals surface area contributed by atoms with Gasteiger partial charge in [-0.3, -0.25) is 10.1 Å². The molecule has 1 aromatic carbocycles. The minimum absolute atomic E-state index is 0.0342. The van der Waals surface area contributed by atoms with Crippen LogP contribution in [-0.4, -0.2) is 21.7 Å². The van der Waals surface area contributed by atoms with E-state index < -0.39 is 4.92 Å². The first-order valence-electron chi connectivity index (χ1n) is 6.38. The van der Waals surface area contributed by atoms with Gasteiger partial charge in [0.25, 0.3) is 5.69 Å². The molecule has 5 N–H and O–H groups in total. The molecule has 8 heteroatoms. The summed E-state index contributed by atoms with van der Waals surface area (Å²) in [6, 6.07) is 10.2. The molecule has 0 aliphatic rings. The van der Waals surface area contributed by atoms with Crippen molar-refractivity contribution >= 4 is 23.9 Å². The van der Waals surface area contributed by atoms with Crippen molar-refractivity contribution in [2.45, 2.75) is 0 Å². The van der Waals surface area contributed by atoms with E-state index in [-0.39, 0.29) is 11.6 Å². The van der Waals surface area contributed by atoms with Gasteiger partial charge in [0.2, 0.25) is 0 Å². The number of aromatic nitrogens is 1. The number of benzene rings is 1. The molecule has 0 atom stereocenters. The summed E-state index contributed by atoms with van der Waals surface area (Å²) in [7, 11) is 0. The fourth-order valence-corrected chi connectivity index (χ4v) is 1.89. The van der Waals surface area contributed by atoms with E-state index >= 15 is 0 Å². The molecule has 2 rings (SSSR count). The first-order chi connectivity index (χ1) is 10.6. The number of hydrogen-bond acceptors (Lipinski definition) is 4. The molecule has 8 nitrogen and oxygen atoms in total. The molecule has 2 aromatic rings. The molecule has 0 aliphatic carbocycles. The monoisotopic (exact) mass is 299 g/mol. The molecule has 0 unspecified atom stereocenters. The van der Waals surface area contributed by atoms with Crippen LogP contribution >= 0.6 is 0 Å². The first-order valence-corrected chi connectivity index (χ1v) is 6.38. The predicted octanol–water partition coefficient (Wildman–Crippen LogP) is 0.841. The van der Waals surface area contributed by atoms with Crippen LogP contribution in [-0.2, 0) is 0 Å². The highest BCUT2D eigenvalue weighted by Crippen LogP contribution is 2.24. The van der Waals surface area contributed by atoms with Gasteiger partial charge in [0.15, 0.2) is 0 Å². The lowest BCUT2D eigenvalue weighted by Crippen LogP contribution is -2.85. The van der Waals surface area contributed by atoms with Crippen LogP contribution in [0.3, 0.4) is 0 Å². The fraction of sp³-hybridized carbons (Fsp3) is 0. The number of para-hydroxylation sites is 2. The maximum absolute atomic E-state index is 11.1. The number of nitro groups is 1. The summed E-state index contributed by atoms with van der Waals surface area (Å²) in [6.07, 6.45) is 6.66. The molecule has 1 heterocycles. The van der Waals surface area contributed by atoms with Crippen molar-refractivity contribution < 1.29 is 10.3 Å². The number of guanidine groups is 1. The van der Waals surface area contributed by atoms with E-state index in [1.54, 1.807) is 47.2 Å². The van der Waals surface area contributed by atoms with Crippen molar-refractivity contribution in [3.63, 3.8) is 0 Å². The van der Waals surface area contributed by atoms with E-state index in [2.05, 4.69) is 5.10 Å². The third kappa shape index (κ3) is 3.64. The van der Waals surface area contributed by atoms with Gasteiger partial charge in [-0.25, -0.2) is 5.41 Å². The number of nitrogens with one attached hydrogen (secondary N) is 1. The topological polar surface area (TPSA) is 127 Å². The number of nitrogens with two attached hydrogens (primary N) is 2. The average molecular weight is 299 g/mol. The van der Waals surface area contributed by atoms with Gasteiger partial charge in [0.1, 0.15) is 5.69 Å². The van der Waals surface area contributed by atoms with Crippen molar-refractivity contribution in [3.05, 3.63) is 64.5 Å². The van der Waals surface area contributed by atoms with Gasteiger partial charge in [0, 0.05) is 18.0 Å². The van der Waals surface area contributed by atoms with E-state index in [9.17, 15) is 10.1 Å². The number of quaternary nitrogens is 1. The van der Waals surface area contributed by atoms with Gasteiger partial charge < -0.3 is 10.3 Å². The Balaban J connectivity index is 2.27. The highest BCUT2D eigenvalue weighted by molar-refractivity contribution is 5.78. The van der Waals surface area contributed by atoms with Crippen molar-refractivity contribution in [2.75, 3.05) is 0 Å². The number of nitrogens with zero attached hydrogens (tertiary/aromatic N) is 3. The SMILES string of the molecule is N=C(N)[NH2+]/N=C/C=C/c1cccn1-c1ccccc1[N+](=O)[O-]. The Morgan fingerprint density at radius 1 is 1.36 bits per heavy atom. The summed E-state index contributed by atoms with van der Waals surface area (Å²) in [5.41, 5.74) is 7.64. The molecular formula is C14H15N6O2+. The maximum Gasteiger partial charge on any atom is 0.315 e. The Bertz CT molecular complexity index is 747. The number of nitro benzene ring substituents is 1.